The summed E-state index contributed by atoms with van der Waals surface area (Å²) < 4.78 is 11.5. The van der Waals surface area contributed by atoms with Gasteiger partial charge in [-0.05, 0) is 59.8 Å². The van der Waals surface area contributed by atoms with E-state index in [0.29, 0.717) is 32.2 Å². The molecule has 3 aliphatic heterocycles. The lowest BCUT2D eigenvalue weighted by molar-refractivity contribution is -0.154. The maximum atomic E-state index is 13.4. The number of aliphatic hydroxyl groups is 1. The normalized spacial score (nSPS) is 33.1. The predicted octanol–water partition coefficient (Wildman–Crippen LogP) is 1.00. The summed E-state index contributed by atoms with van der Waals surface area (Å²) in [6.07, 6.45) is 2.95. The summed E-state index contributed by atoms with van der Waals surface area (Å²) in [6, 6.07) is -0.752. The maximum Gasteiger partial charge on any atom is 0.312 e. The zero-order valence-corrected chi connectivity index (χ0v) is 17.9. The van der Waals surface area contributed by atoms with Crippen LogP contribution >= 0.6 is 0 Å². The van der Waals surface area contributed by atoms with Crippen LogP contribution in [0.5, 0.6) is 0 Å². The molecule has 164 valence electrons. The zero-order valence-electron chi connectivity index (χ0n) is 17.9. The number of likely N-dealkylation sites (tertiary alicyclic amines) is 1. The molecule has 8 heteroatoms. The molecule has 0 aromatic rings. The molecule has 1 spiro atoms. The Morgan fingerprint density at radius 1 is 1.31 bits per heavy atom. The Morgan fingerprint density at radius 2 is 2.03 bits per heavy atom. The van der Waals surface area contributed by atoms with E-state index in [2.05, 4.69) is 5.32 Å². The fourth-order valence-electron chi connectivity index (χ4n) is 5.21. The first-order valence-corrected chi connectivity index (χ1v) is 10.7. The number of hydrogen-bond donors (Lipinski definition) is 2. The van der Waals surface area contributed by atoms with E-state index in [4.69, 9.17) is 14.6 Å². The van der Waals surface area contributed by atoms with Gasteiger partial charge in [0, 0.05) is 18.7 Å². The van der Waals surface area contributed by atoms with Gasteiger partial charge in [-0.2, -0.15) is 0 Å². The number of amides is 2. The number of carbonyl (C=O) groups excluding carboxylic acids is 3. The van der Waals surface area contributed by atoms with Gasteiger partial charge >= 0.3 is 5.97 Å². The molecule has 0 saturated carbocycles. The topological polar surface area (TPSA) is 105 Å². The predicted molar refractivity (Wildman–Crippen MR) is 105 cm³/mol. The van der Waals surface area contributed by atoms with Crippen LogP contribution in [0.3, 0.4) is 0 Å². The van der Waals surface area contributed by atoms with E-state index in [0.717, 1.165) is 6.42 Å². The number of hydrogen-bond acceptors (Lipinski definition) is 6. The third-order valence-corrected chi connectivity index (χ3v) is 6.16. The standard InChI is InChI=1S/C21H34N2O6/c1-5-28-19(27)14-13-9-10-21(29-13)15(14)18(26)23(11-7-6-8-12-24)16(21)17(25)22-20(2,3)4/h13-16,24H,5-12H2,1-4H3,(H,22,25)/t13-,14+,15+,16?,21?/m1/s1. The minimum absolute atomic E-state index is 0.101. The first kappa shape index (κ1) is 22.0. The van der Waals surface area contributed by atoms with Crippen LogP contribution in [0.1, 0.15) is 59.8 Å². The Labute approximate surface area is 172 Å². The van der Waals surface area contributed by atoms with Crippen LogP contribution in [-0.4, -0.2) is 70.8 Å². The number of nitrogens with one attached hydrogen (secondary N) is 1. The lowest BCUT2D eigenvalue weighted by atomic mass is 9.70. The van der Waals surface area contributed by atoms with Crippen molar-refractivity contribution in [3.63, 3.8) is 0 Å². The van der Waals surface area contributed by atoms with Gasteiger partial charge in [-0.1, -0.05) is 0 Å². The summed E-state index contributed by atoms with van der Waals surface area (Å²) in [5.74, 6) is -2.16. The van der Waals surface area contributed by atoms with Crippen LogP contribution in [0.2, 0.25) is 0 Å². The number of unbranched alkanes of at least 4 members (excludes halogenated alkanes) is 2. The fraction of sp³-hybridized carbons (Fsp3) is 0.857. The quantitative estimate of drug-likeness (QED) is 0.457. The van der Waals surface area contributed by atoms with Crippen LogP contribution in [0.15, 0.2) is 0 Å². The molecule has 2 N–H and O–H groups in total. The molecule has 5 atom stereocenters. The molecule has 3 saturated heterocycles. The van der Waals surface area contributed by atoms with Crippen LogP contribution in [-0.2, 0) is 23.9 Å². The summed E-state index contributed by atoms with van der Waals surface area (Å²) in [7, 11) is 0. The van der Waals surface area contributed by atoms with Crippen LogP contribution in [0, 0.1) is 11.8 Å². The smallest absolute Gasteiger partial charge is 0.312 e. The lowest BCUT2D eigenvalue weighted by Crippen LogP contribution is -2.58. The lowest BCUT2D eigenvalue weighted by Gasteiger charge is -2.35. The third-order valence-electron chi connectivity index (χ3n) is 6.16. The molecule has 2 amide bonds. The van der Waals surface area contributed by atoms with E-state index < -0.39 is 35.0 Å². The van der Waals surface area contributed by atoms with E-state index in [1.807, 2.05) is 20.8 Å². The van der Waals surface area contributed by atoms with Gasteiger partial charge in [-0.15, -0.1) is 0 Å². The van der Waals surface area contributed by atoms with Crippen molar-refractivity contribution in [1.29, 1.82) is 0 Å². The highest BCUT2D eigenvalue weighted by Gasteiger charge is 2.74. The highest BCUT2D eigenvalue weighted by molar-refractivity contribution is 5.98. The van der Waals surface area contributed by atoms with Crippen molar-refractivity contribution in [1.82, 2.24) is 10.2 Å². The largest absolute Gasteiger partial charge is 0.466 e. The maximum absolute atomic E-state index is 13.4. The molecule has 0 aliphatic carbocycles. The van der Waals surface area contributed by atoms with Crippen molar-refractivity contribution in [2.45, 2.75) is 83.1 Å². The number of carbonyl (C=O) groups is 3. The average Bonchev–Trinajstić information content (AvgIpc) is 3.25. The molecule has 3 fully saturated rings. The Hall–Kier alpha value is -1.67. The molecule has 3 aliphatic rings. The van der Waals surface area contributed by atoms with Gasteiger partial charge in [-0.25, -0.2) is 0 Å². The van der Waals surface area contributed by atoms with Crippen molar-refractivity contribution >= 4 is 17.8 Å². The number of rotatable bonds is 8. The van der Waals surface area contributed by atoms with Gasteiger partial charge in [-0.3, -0.25) is 14.4 Å². The number of ether oxygens (including phenoxy) is 2. The SMILES string of the molecule is CCOC(=O)[C@@H]1[C@H]2C(=O)N(CCCCCO)C(C(=O)NC(C)(C)C)C23CC[C@H]1O3. The van der Waals surface area contributed by atoms with Gasteiger partial charge in [0.1, 0.15) is 11.6 Å². The van der Waals surface area contributed by atoms with Crippen molar-refractivity contribution < 1.29 is 29.0 Å². The first-order chi connectivity index (χ1) is 13.7. The minimum atomic E-state index is -0.967. The van der Waals surface area contributed by atoms with Gasteiger partial charge in [0.25, 0.3) is 0 Å². The van der Waals surface area contributed by atoms with Crippen molar-refractivity contribution in [3.05, 3.63) is 0 Å². The molecule has 0 aromatic heterocycles. The number of esters is 1. The van der Waals surface area contributed by atoms with Crippen LogP contribution < -0.4 is 5.32 Å². The Morgan fingerprint density at radius 3 is 2.66 bits per heavy atom. The van der Waals surface area contributed by atoms with Gasteiger partial charge in [0.2, 0.25) is 11.8 Å². The van der Waals surface area contributed by atoms with Crippen molar-refractivity contribution in [2.24, 2.45) is 11.8 Å². The summed E-state index contributed by atoms with van der Waals surface area (Å²) >= 11 is 0. The highest BCUT2D eigenvalue weighted by Crippen LogP contribution is 2.58. The van der Waals surface area contributed by atoms with E-state index in [1.54, 1.807) is 11.8 Å². The molecular formula is C21H34N2O6. The van der Waals surface area contributed by atoms with Crippen molar-refractivity contribution in [2.75, 3.05) is 19.8 Å². The zero-order chi connectivity index (χ0) is 21.4. The summed E-state index contributed by atoms with van der Waals surface area (Å²) in [5.41, 5.74) is -1.42. The number of aliphatic hydroxyl groups excluding tert-OH is 1. The van der Waals surface area contributed by atoms with Gasteiger partial charge < -0.3 is 24.8 Å². The highest BCUT2D eigenvalue weighted by atomic mass is 16.6. The molecule has 0 radical (unpaired) electrons. The Balaban J connectivity index is 1.91. The summed E-state index contributed by atoms with van der Waals surface area (Å²) in [6.45, 7) is 8.19. The monoisotopic (exact) mass is 410 g/mol. The number of nitrogens with zero attached hydrogens (tertiary/aromatic N) is 1. The van der Waals surface area contributed by atoms with Crippen LogP contribution in [0.4, 0.5) is 0 Å². The van der Waals surface area contributed by atoms with Crippen molar-refractivity contribution in [3.8, 4) is 0 Å². The van der Waals surface area contributed by atoms with E-state index in [9.17, 15) is 14.4 Å². The van der Waals surface area contributed by atoms with Crippen LogP contribution in [0.25, 0.3) is 0 Å². The first-order valence-electron chi connectivity index (χ1n) is 10.7. The van der Waals surface area contributed by atoms with Gasteiger partial charge in [0.05, 0.1) is 24.5 Å². The second-order valence-corrected chi connectivity index (χ2v) is 9.36. The summed E-state index contributed by atoms with van der Waals surface area (Å²) in [5, 5.41) is 12.0. The molecule has 0 aromatic carbocycles. The second-order valence-electron chi connectivity index (χ2n) is 9.36. The molecule has 3 heterocycles. The second kappa shape index (κ2) is 8.22. The minimum Gasteiger partial charge on any atom is -0.466 e. The average molecular weight is 411 g/mol. The van der Waals surface area contributed by atoms with E-state index >= 15 is 0 Å². The molecule has 8 nitrogen and oxygen atoms in total. The fourth-order valence-corrected chi connectivity index (χ4v) is 5.21. The van der Waals surface area contributed by atoms with E-state index in [1.165, 1.54) is 0 Å². The third kappa shape index (κ3) is 3.89. The molecular weight excluding hydrogens is 376 g/mol. The summed E-state index contributed by atoms with van der Waals surface area (Å²) in [4.78, 5) is 41.0. The van der Waals surface area contributed by atoms with Gasteiger partial charge in [0.15, 0.2) is 0 Å². The molecule has 2 bridgehead atoms. The molecule has 29 heavy (non-hydrogen) atoms. The molecule has 2 unspecified atom stereocenters. The molecule has 3 rings (SSSR count). The van der Waals surface area contributed by atoms with E-state index in [-0.39, 0.29) is 31.1 Å². The number of fused-ring (bicyclic) bond motifs is 1. The Kier molecular flexibility index (Phi) is 6.24. The Bertz CT molecular complexity index is 660.